The van der Waals surface area contributed by atoms with Crippen molar-refractivity contribution in [2.24, 2.45) is 0 Å². The number of ether oxygens (including phenoxy) is 7. The molecule has 0 N–H and O–H groups in total. The van der Waals surface area contributed by atoms with Crippen molar-refractivity contribution in [2.45, 2.75) is 107 Å². The molecule has 1 saturated heterocycles. The van der Waals surface area contributed by atoms with Crippen molar-refractivity contribution in [3.05, 3.63) is 54.1 Å². The second kappa shape index (κ2) is 14.5. The first-order chi connectivity index (χ1) is 19.7. The summed E-state index contributed by atoms with van der Waals surface area (Å²) in [5, 5.41) is 0. The van der Waals surface area contributed by atoms with E-state index in [1.54, 1.807) is 21.3 Å². The summed E-state index contributed by atoms with van der Waals surface area (Å²) in [6.07, 6.45) is 10.5. The van der Waals surface area contributed by atoms with Crippen LogP contribution >= 0.6 is 0 Å². The second-order valence-corrected chi connectivity index (χ2v) is 11.3. The van der Waals surface area contributed by atoms with Crippen molar-refractivity contribution in [1.29, 1.82) is 0 Å². The van der Waals surface area contributed by atoms with Gasteiger partial charge in [-0.25, -0.2) is 0 Å². The predicted octanol–water partition coefficient (Wildman–Crippen LogP) is 6.67. The summed E-state index contributed by atoms with van der Waals surface area (Å²) >= 11 is 0. The van der Waals surface area contributed by atoms with Crippen LogP contribution in [0.4, 0.5) is 0 Å². The molecule has 1 aliphatic heterocycles. The quantitative estimate of drug-likeness (QED) is 0.307. The first-order valence-corrected chi connectivity index (χ1v) is 15.1. The molecule has 0 unspecified atom stereocenters. The van der Waals surface area contributed by atoms with Gasteiger partial charge in [-0.2, -0.15) is 0 Å². The summed E-state index contributed by atoms with van der Waals surface area (Å²) in [6.45, 7) is 0.306. The highest BCUT2D eigenvalue weighted by molar-refractivity contribution is 5.32. The van der Waals surface area contributed by atoms with Crippen LogP contribution in [0.5, 0.6) is 17.2 Å². The summed E-state index contributed by atoms with van der Waals surface area (Å²) in [5.74, 6) is 3.04. The average Bonchev–Trinajstić information content (AvgIpc) is 3.02. The summed E-state index contributed by atoms with van der Waals surface area (Å²) in [7, 11) is 4.94. The lowest BCUT2D eigenvalue weighted by Crippen LogP contribution is -2.62. The van der Waals surface area contributed by atoms with Crippen molar-refractivity contribution in [3.8, 4) is 17.2 Å². The van der Waals surface area contributed by atoms with E-state index in [-0.39, 0.29) is 0 Å². The first-order valence-electron chi connectivity index (χ1n) is 15.1. The van der Waals surface area contributed by atoms with Gasteiger partial charge in [0.2, 0.25) is 0 Å². The molecule has 2 saturated carbocycles. The van der Waals surface area contributed by atoms with E-state index in [0.717, 1.165) is 24.3 Å². The normalized spacial score (nSPS) is 28.2. The van der Waals surface area contributed by atoms with Crippen molar-refractivity contribution < 1.29 is 33.2 Å². The van der Waals surface area contributed by atoms with E-state index in [0.29, 0.717) is 24.4 Å². The first kappa shape index (κ1) is 29.2. The number of benzene rings is 2. The van der Waals surface area contributed by atoms with Gasteiger partial charge in [0.15, 0.2) is 12.4 Å². The Morgan fingerprint density at radius 3 is 1.77 bits per heavy atom. The minimum absolute atomic E-state index is 0.305. The fourth-order valence-corrected chi connectivity index (χ4v) is 6.46. The third-order valence-electron chi connectivity index (χ3n) is 8.69. The highest BCUT2D eigenvalue weighted by Gasteiger charge is 2.49. The Morgan fingerprint density at radius 2 is 1.18 bits per heavy atom. The maximum Gasteiger partial charge on any atom is 0.197 e. The fraction of sp³-hybridized carbons (Fsp3) is 0.636. The van der Waals surface area contributed by atoms with Crippen LogP contribution in [0.15, 0.2) is 48.5 Å². The summed E-state index contributed by atoms with van der Waals surface area (Å²) in [6, 6.07) is 16.3. The molecule has 0 amide bonds. The molecule has 2 aromatic carbocycles. The van der Waals surface area contributed by atoms with E-state index in [1.165, 1.54) is 56.9 Å². The van der Waals surface area contributed by atoms with Crippen LogP contribution in [0.25, 0.3) is 0 Å². The molecule has 3 aliphatic rings. The molecule has 40 heavy (non-hydrogen) atoms. The van der Waals surface area contributed by atoms with Gasteiger partial charge in [-0.1, -0.05) is 37.8 Å². The lowest BCUT2D eigenvalue weighted by atomic mass is 9.84. The predicted molar refractivity (Wildman–Crippen MR) is 153 cm³/mol. The highest BCUT2D eigenvalue weighted by Crippen LogP contribution is 2.34. The topological polar surface area (TPSA) is 64.6 Å². The Kier molecular flexibility index (Phi) is 10.6. The molecule has 7 nitrogen and oxygen atoms in total. The lowest BCUT2D eigenvalue weighted by Gasteiger charge is -2.44. The van der Waals surface area contributed by atoms with Crippen molar-refractivity contribution in [2.75, 3.05) is 27.9 Å². The molecule has 0 aromatic heterocycles. The van der Waals surface area contributed by atoms with Gasteiger partial charge in [-0.15, -0.1) is 0 Å². The molecule has 1 heterocycles. The molecule has 0 radical (unpaired) electrons. The molecule has 0 bridgehead atoms. The van der Waals surface area contributed by atoms with E-state index in [9.17, 15) is 0 Å². The van der Waals surface area contributed by atoms with Gasteiger partial charge >= 0.3 is 0 Å². The standard InChI is InChI=1S/C33H46O7/c1-34-30-29(22-37-25-16-14-24(15-17-25)23-10-6-4-7-11-23)40-33(36-3)32(31(30)35-2)39-28-20-18-27(19-21-28)38-26-12-8-5-9-13-26/h14-21,23,26,29-33H,4-13,22H2,1-3H3/t29-,30-,31+,32-,33+/m1/s1. The largest absolute Gasteiger partial charge is 0.491 e. The number of hydrogen-bond acceptors (Lipinski definition) is 7. The molecule has 2 aromatic rings. The Labute approximate surface area is 239 Å². The summed E-state index contributed by atoms with van der Waals surface area (Å²) in [5.41, 5.74) is 1.41. The molecule has 7 heteroatoms. The van der Waals surface area contributed by atoms with Crippen LogP contribution in [0, 0.1) is 0 Å². The van der Waals surface area contributed by atoms with Crippen LogP contribution in [-0.2, 0) is 18.9 Å². The Morgan fingerprint density at radius 1 is 0.600 bits per heavy atom. The van der Waals surface area contributed by atoms with E-state index in [1.807, 2.05) is 24.3 Å². The van der Waals surface area contributed by atoms with Gasteiger partial charge < -0.3 is 33.2 Å². The second-order valence-electron chi connectivity index (χ2n) is 11.3. The van der Waals surface area contributed by atoms with Gasteiger partial charge in [0.1, 0.15) is 42.2 Å². The number of methoxy groups -OCH3 is 3. The van der Waals surface area contributed by atoms with Crippen LogP contribution < -0.4 is 14.2 Å². The third-order valence-corrected chi connectivity index (χ3v) is 8.69. The Bertz CT molecular complexity index is 998. The minimum Gasteiger partial charge on any atom is -0.491 e. The minimum atomic E-state index is -0.656. The Balaban J connectivity index is 1.19. The molecular formula is C33H46O7. The van der Waals surface area contributed by atoms with E-state index in [2.05, 4.69) is 24.3 Å². The molecule has 220 valence electrons. The molecule has 0 spiro atoms. The van der Waals surface area contributed by atoms with Gasteiger partial charge in [0, 0.05) is 21.3 Å². The lowest BCUT2D eigenvalue weighted by molar-refractivity contribution is -0.295. The highest BCUT2D eigenvalue weighted by atomic mass is 16.7. The van der Waals surface area contributed by atoms with Crippen molar-refractivity contribution in [1.82, 2.24) is 0 Å². The zero-order valence-corrected chi connectivity index (χ0v) is 24.3. The zero-order valence-electron chi connectivity index (χ0n) is 24.3. The SMILES string of the molecule is CO[C@H]1O[C@H](COc2ccc(C3CCCCC3)cc2)[C@@H](OC)[C@H](OC)[C@H]1Oc1ccc(OC2CCCCC2)cc1. The molecule has 3 fully saturated rings. The third kappa shape index (κ3) is 7.30. The smallest absolute Gasteiger partial charge is 0.197 e. The summed E-state index contributed by atoms with van der Waals surface area (Å²) in [4.78, 5) is 0. The van der Waals surface area contributed by atoms with Crippen molar-refractivity contribution in [3.63, 3.8) is 0 Å². The van der Waals surface area contributed by atoms with Crippen LogP contribution in [-0.4, -0.2) is 64.7 Å². The molecule has 5 atom stereocenters. The van der Waals surface area contributed by atoms with Gasteiger partial charge in [-0.05, 0) is 86.4 Å². The molecule has 5 rings (SSSR count). The van der Waals surface area contributed by atoms with Crippen LogP contribution in [0.3, 0.4) is 0 Å². The van der Waals surface area contributed by atoms with E-state index >= 15 is 0 Å². The van der Waals surface area contributed by atoms with Crippen LogP contribution in [0.2, 0.25) is 0 Å². The number of rotatable bonds is 11. The Hall–Kier alpha value is -2.32. The molecule has 2 aliphatic carbocycles. The van der Waals surface area contributed by atoms with E-state index < -0.39 is 30.7 Å². The monoisotopic (exact) mass is 554 g/mol. The average molecular weight is 555 g/mol. The van der Waals surface area contributed by atoms with Gasteiger partial charge in [-0.3, -0.25) is 0 Å². The fourth-order valence-electron chi connectivity index (χ4n) is 6.46. The maximum atomic E-state index is 6.37. The number of hydrogen-bond donors (Lipinski definition) is 0. The zero-order chi connectivity index (χ0) is 27.7. The maximum absolute atomic E-state index is 6.37. The summed E-state index contributed by atoms with van der Waals surface area (Å²) < 4.78 is 42.5. The van der Waals surface area contributed by atoms with Crippen molar-refractivity contribution >= 4 is 0 Å². The molecular weight excluding hydrogens is 508 g/mol. The van der Waals surface area contributed by atoms with Gasteiger partial charge in [0.05, 0.1) is 6.10 Å². The van der Waals surface area contributed by atoms with E-state index in [4.69, 9.17) is 33.2 Å². The van der Waals surface area contributed by atoms with Gasteiger partial charge in [0.25, 0.3) is 0 Å². The van der Waals surface area contributed by atoms with Crippen LogP contribution in [0.1, 0.15) is 75.7 Å².